The van der Waals surface area contributed by atoms with Gasteiger partial charge in [0.25, 0.3) is 17.7 Å². The van der Waals surface area contributed by atoms with E-state index in [2.05, 4.69) is 32.4 Å². The molecule has 2 aliphatic heterocycles. The van der Waals surface area contributed by atoms with Crippen LogP contribution in [0, 0.1) is 0 Å². The number of hydrogen-bond acceptors (Lipinski definition) is 10. The molecule has 1 unspecified atom stereocenters. The number of nitrogens with zero attached hydrogens (tertiary/aromatic N) is 6. The zero-order valence-electron chi connectivity index (χ0n) is 31.3. The largest absolute Gasteiger partial charge is 0.383 e. The average Bonchev–Trinajstić information content (AvgIpc) is 3.72. The minimum absolute atomic E-state index is 0.00996. The van der Waals surface area contributed by atoms with Gasteiger partial charge >= 0.3 is 0 Å². The summed E-state index contributed by atoms with van der Waals surface area (Å²) in [4.78, 5) is 92.1. The number of carbonyl (C=O) groups is 6. The van der Waals surface area contributed by atoms with Crippen LogP contribution in [0.5, 0.6) is 0 Å². The fraction of sp³-hybridized carbons (Fsp3) is 0.293. The molecule has 2 aliphatic rings. The molecule has 0 aliphatic carbocycles. The second kappa shape index (κ2) is 15.9. The van der Waals surface area contributed by atoms with E-state index in [9.17, 15) is 28.8 Å². The summed E-state index contributed by atoms with van der Waals surface area (Å²) in [7, 11) is 1.47. The number of benzene rings is 2. The summed E-state index contributed by atoms with van der Waals surface area (Å²) < 4.78 is 2.23. The highest BCUT2D eigenvalue weighted by Crippen LogP contribution is 2.35. The van der Waals surface area contributed by atoms with E-state index in [-0.39, 0.29) is 54.6 Å². The second-order valence-corrected chi connectivity index (χ2v) is 13.6. The predicted octanol–water partition coefficient (Wildman–Crippen LogP) is 3.62. The van der Waals surface area contributed by atoms with Crippen molar-refractivity contribution in [2.75, 3.05) is 32.0 Å². The third-order valence-corrected chi connectivity index (χ3v) is 10.3. The number of aromatic nitrogens is 4. The number of nitrogens with one attached hydrogen (secondary N) is 3. The molecule has 3 aromatic heterocycles. The Hall–Kier alpha value is -6.77. The monoisotopic (exact) mass is 755 g/mol. The van der Waals surface area contributed by atoms with Gasteiger partial charge in [0, 0.05) is 87.6 Å². The number of hydrogen-bond donors (Lipinski definition) is 3. The first-order chi connectivity index (χ1) is 27.1. The van der Waals surface area contributed by atoms with Crippen LogP contribution < -0.4 is 16.0 Å². The van der Waals surface area contributed by atoms with Crippen molar-refractivity contribution in [2.24, 2.45) is 0 Å². The summed E-state index contributed by atoms with van der Waals surface area (Å²) in [6.07, 6.45) is 4.71. The Kier molecular flexibility index (Phi) is 10.7. The van der Waals surface area contributed by atoms with E-state index in [1.165, 1.54) is 13.1 Å². The van der Waals surface area contributed by atoms with Gasteiger partial charge < -0.3 is 30.2 Å². The Morgan fingerprint density at radius 3 is 2.48 bits per heavy atom. The minimum atomic E-state index is -1.08. The van der Waals surface area contributed by atoms with E-state index in [0.29, 0.717) is 37.3 Å². The van der Waals surface area contributed by atoms with Crippen LogP contribution in [-0.4, -0.2) is 97.9 Å². The molecule has 286 valence electrons. The number of aryl methyl sites for hydroxylation is 1. The molecule has 5 aromatic rings. The summed E-state index contributed by atoms with van der Waals surface area (Å²) in [5, 5.41) is 10.3. The molecule has 0 saturated carbocycles. The topological polar surface area (TPSA) is 189 Å². The van der Waals surface area contributed by atoms with Crippen LogP contribution in [0.3, 0.4) is 0 Å². The van der Waals surface area contributed by atoms with Crippen molar-refractivity contribution in [1.29, 1.82) is 0 Å². The quantitative estimate of drug-likeness (QED) is 0.0910. The van der Waals surface area contributed by atoms with Gasteiger partial charge in [-0.05, 0) is 42.1 Å². The molecule has 0 spiro atoms. The fourth-order valence-corrected chi connectivity index (χ4v) is 7.29. The van der Waals surface area contributed by atoms with Crippen LogP contribution in [0.2, 0.25) is 0 Å². The number of pyridine rings is 2. The maximum Gasteiger partial charge on any atom is 0.269 e. The summed E-state index contributed by atoms with van der Waals surface area (Å²) in [5.41, 5.74) is 5.16. The number of amides is 5. The van der Waals surface area contributed by atoms with Crippen molar-refractivity contribution in [2.45, 2.75) is 52.2 Å². The van der Waals surface area contributed by atoms with Crippen molar-refractivity contribution in [3.05, 3.63) is 95.3 Å². The van der Waals surface area contributed by atoms with Gasteiger partial charge in [0.05, 0.1) is 40.8 Å². The first-order valence-corrected chi connectivity index (χ1v) is 18.5. The third kappa shape index (κ3) is 7.10. The zero-order chi connectivity index (χ0) is 39.5. The number of carbonyl (C=O) groups excluding carboxylic acids is 6. The first kappa shape index (κ1) is 37.5. The normalized spacial score (nSPS) is 14.0. The van der Waals surface area contributed by atoms with E-state index < -0.39 is 23.8 Å². The summed E-state index contributed by atoms with van der Waals surface area (Å²) in [6.45, 7) is 5.97. The molecule has 56 heavy (non-hydrogen) atoms. The van der Waals surface area contributed by atoms with E-state index in [1.54, 1.807) is 37.4 Å². The number of anilines is 1. The van der Waals surface area contributed by atoms with E-state index in [1.807, 2.05) is 35.4 Å². The van der Waals surface area contributed by atoms with Gasteiger partial charge in [-0.1, -0.05) is 31.2 Å². The van der Waals surface area contributed by atoms with Crippen LogP contribution in [0.4, 0.5) is 5.69 Å². The van der Waals surface area contributed by atoms with Crippen molar-refractivity contribution >= 4 is 52.3 Å². The number of imidazole rings is 1. The molecular formula is C41H41N9O6. The van der Waals surface area contributed by atoms with Gasteiger partial charge in [0.15, 0.2) is 0 Å². The van der Waals surface area contributed by atoms with Crippen LogP contribution in [0.1, 0.15) is 69.4 Å². The highest BCUT2D eigenvalue weighted by atomic mass is 16.2. The number of imide groups is 1. The van der Waals surface area contributed by atoms with E-state index in [4.69, 9.17) is 9.97 Å². The van der Waals surface area contributed by atoms with Gasteiger partial charge in [-0.25, -0.2) is 4.98 Å². The Morgan fingerprint density at radius 2 is 1.75 bits per heavy atom. The lowest BCUT2D eigenvalue weighted by atomic mass is 10.0. The van der Waals surface area contributed by atoms with Gasteiger partial charge in [-0.3, -0.25) is 38.8 Å². The van der Waals surface area contributed by atoms with Crippen LogP contribution in [-0.2, 0) is 33.9 Å². The maximum atomic E-state index is 13.3. The zero-order valence-corrected chi connectivity index (χ0v) is 31.3. The highest BCUT2D eigenvalue weighted by Gasteiger charge is 2.41. The number of aldehydes is 1. The summed E-state index contributed by atoms with van der Waals surface area (Å²) in [5.74, 6) is -0.888. The van der Waals surface area contributed by atoms with Gasteiger partial charge in [0.2, 0.25) is 11.8 Å². The lowest BCUT2D eigenvalue weighted by molar-refractivity contribution is -0.130. The first-order valence-electron chi connectivity index (χ1n) is 18.5. The molecule has 0 saturated heterocycles. The number of fused-ring (bicyclic) bond motifs is 3. The summed E-state index contributed by atoms with van der Waals surface area (Å²) >= 11 is 0. The molecule has 5 amide bonds. The SMILES string of the molecule is CCc1nc(-c2cccc3cc(-c4ccc(C(=O)NCCNc5cccc6c5C(=O)N(C(C=O)CCC(=O)NC)C6=O)nc4)ncc23)c2n1CCN(C(C)=O)C2. The van der Waals surface area contributed by atoms with Crippen LogP contribution >= 0.6 is 0 Å². The molecule has 0 radical (unpaired) electrons. The molecule has 15 nitrogen and oxygen atoms in total. The van der Waals surface area contributed by atoms with Crippen LogP contribution in [0.15, 0.2) is 67.0 Å². The maximum absolute atomic E-state index is 13.3. The van der Waals surface area contributed by atoms with Gasteiger partial charge in [-0.15, -0.1) is 0 Å². The van der Waals surface area contributed by atoms with Crippen molar-refractivity contribution in [3.8, 4) is 22.5 Å². The lowest BCUT2D eigenvalue weighted by Crippen LogP contribution is -2.41. The molecule has 15 heteroatoms. The Morgan fingerprint density at radius 1 is 0.946 bits per heavy atom. The van der Waals surface area contributed by atoms with E-state index in [0.717, 1.165) is 50.4 Å². The molecule has 3 N–H and O–H groups in total. The van der Waals surface area contributed by atoms with Crippen molar-refractivity contribution in [3.63, 3.8) is 0 Å². The highest BCUT2D eigenvalue weighted by molar-refractivity contribution is 6.24. The van der Waals surface area contributed by atoms with Gasteiger partial charge in [0.1, 0.15) is 17.8 Å². The Balaban J connectivity index is 0.992. The van der Waals surface area contributed by atoms with Crippen molar-refractivity contribution < 1.29 is 28.8 Å². The smallest absolute Gasteiger partial charge is 0.269 e. The molecule has 5 heterocycles. The molecule has 0 fully saturated rings. The Bertz CT molecular complexity index is 2390. The average molecular weight is 756 g/mol. The molecule has 1 atom stereocenters. The van der Waals surface area contributed by atoms with E-state index >= 15 is 0 Å². The Labute approximate surface area is 322 Å². The predicted molar refractivity (Wildman–Crippen MR) is 208 cm³/mol. The standard InChI is InChI=1S/C41H41N9O6/c1-4-35-47-38(34-22-48(24(2)52)17-18-49(34)35)28-8-5-7-25-19-33(46-21-30(25)28)26-11-13-32(45-20-26)39(54)44-16-15-43-31-10-6-9-29-37(31)41(56)50(40(29)55)27(23-51)12-14-36(53)42-3/h5-11,13,19-21,23,27,43H,4,12,14-18,22H2,1-3H3,(H,42,53)(H,44,54). The molecule has 0 bridgehead atoms. The molecule has 2 aromatic carbocycles. The van der Waals surface area contributed by atoms with Crippen LogP contribution in [0.25, 0.3) is 33.3 Å². The number of rotatable bonds is 13. The molecular weight excluding hydrogens is 715 g/mol. The van der Waals surface area contributed by atoms with Crippen molar-refractivity contribution in [1.82, 2.24) is 40.0 Å². The van der Waals surface area contributed by atoms with Gasteiger partial charge in [-0.2, -0.15) is 0 Å². The second-order valence-electron chi connectivity index (χ2n) is 13.6. The third-order valence-electron chi connectivity index (χ3n) is 10.3. The fourth-order valence-electron chi connectivity index (χ4n) is 7.29. The molecule has 7 rings (SSSR count). The minimum Gasteiger partial charge on any atom is -0.383 e. The summed E-state index contributed by atoms with van der Waals surface area (Å²) in [6, 6.07) is 15.1. The lowest BCUT2D eigenvalue weighted by Gasteiger charge is -2.28.